The van der Waals surface area contributed by atoms with Gasteiger partial charge in [-0.1, -0.05) is 67.9 Å². The minimum absolute atomic E-state index is 0.267. The zero-order chi connectivity index (χ0) is 24.0. The van der Waals surface area contributed by atoms with E-state index < -0.39 is 11.6 Å². The summed E-state index contributed by atoms with van der Waals surface area (Å²) < 4.78 is 5.85. The van der Waals surface area contributed by atoms with Gasteiger partial charge in [-0.15, -0.1) is 0 Å². The van der Waals surface area contributed by atoms with Gasteiger partial charge < -0.3 is 15.4 Å². The number of ether oxygens (including phenoxy) is 1. The van der Waals surface area contributed by atoms with Crippen LogP contribution in [0.4, 0.5) is 4.79 Å². The molecule has 1 aliphatic carbocycles. The summed E-state index contributed by atoms with van der Waals surface area (Å²) in [5, 5.41) is 5.73. The first-order valence-corrected chi connectivity index (χ1v) is 12.1. The maximum absolute atomic E-state index is 13.0. The molecule has 180 valence electrons. The molecule has 2 aromatic carbocycles. The van der Waals surface area contributed by atoms with E-state index in [9.17, 15) is 14.4 Å². The quantitative estimate of drug-likeness (QED) is 0.552. The highest BCUT2D eigenvalue weighted by Crippen LogP contribution is 2.37. The first-order valence-electron chi connectivity index (χ1n) is 12.1. The smallest absolute Gasteiger partial charge is 0.325 e. The van der Waals surface area contributed by atoms with Crippen LogP contribution < -0.4 is 10.6 Å². The number of nitrogens with zero attached hydrogens (tertiary/aromatic N) is 1. The largest absolute Gasteiger partial charge is 0.372 e. The number of benzene rings is 2. The summed E-state index contributed by atoms with van der Waals surface area (Å²) >= 11 is 0. The van der Waals surface area contributed by atoms with Crippen LogP contribution in [0.1, 0.15) is 55.7 Å². The van der Waals surface area contributed by atoms with Crippen LogP contribution in [0.3, 0.4) is 0 Å². The van der Waals surface area contributed by atoms with Gasteiger partial charge in [-0.3, -0.25) is 14.5 Å². The van der Waals surface area contributed by atoms with Crippen LogP contribution in [0.2, 0.25) is 0 Å². The van der Waals surface area contributed by atoms with Crippen LogP contribution in [0.15, 0.2) is 54.6 Å². The number of hydrogen-bond acceptors (Lipinski definition) is 4. The van der Waals surface area contributed by atoms with Crippen molar-refractivity contribution in [2.75, 3.05) is 6.54 Å². The van der Waals surface area contributed by atoms with Crippen molar-refractivity contribution in [3.8, 4) is 0 Å². The molecule has 2 aromatic rings. The molecule has 2 fully saturated rings. The van der Waals surface area contributed by atoms with Gasteiger partial charge in [0.05, 0.1) is 13.2 Å². The second-order valence-electron chi connectivity index (χ2n) is 9.28. The molecule has 1 aliphatic heterocycles. The van der Waals surface area contributed by atoms with Gasteiger partial charge >= 0.3 is 6.03 Å². The van der Waals surface area contributed by atoms with Crippen molar-refractivity contribution < 1.29 is 19.1 Å². The molecular formula is C27H33N3O4. The second-order valence-corrected chi connectivity index (χ2v) is 9.28. The van der Waals surface area contributed by atoms with Crippen LogP contribution in [-0.4, -0.2) is 34.8 Å². The van der Waals surface area contributed by atoms with Crippen LogP contribution >= 0.6 is 0 Å². The number of amides is 4. The molecule has 0 aromatic heterocycles. The summed E-state index contributed by atoms with van der Waals surface area (Å²) in [6.07, 6.45) is 4.22. The highest BCUT2D eigenvalue weighted by molar-refractivity contribution is 6.09. The first-order chi connectivity index (χ1) is 16.5. The molecule has 4 rings (SSSR count). The zero-order valence-corrected chi connectivity index (χ0v) is 19.7. The summed E-state index contributed by atoms with van der Waals surface area (Å²) in [7, 11) is 0. The third-order valence-corrected chi connectivity index (χ3v) is 7.05. The topological polar surface area (TPSA) is 87.7 Å². The molecule has 1 spiro atoms. The average Bonchev–Trinajstić information content (AvgIpc) is 3.08. The normalized spacial score (nSPS) is 22.1. The summed E-state index contributed by atoms with van der Waals surface area (Å²) in [4.78, 5) is 39.2. The van der Waals surface area contributed by atoms with Gasteiger partial charge in [0.15, 0.2) is 0 Å². The van der Waals surface area contributed by atoms with Crippen LogP contribution in [0.25, 0.3) is 0 Å². The molecule has 0 unspecified atom stereocenters. The van der Waals surface area contributed by atoms with Gasteiger partial charge in [-0.2, -0.15) is 0 Å². The molecule has 0 bridgehead atoms. The lowest BCUT2D eigenvalue weighted by molar-refractivity contribution is -0.136. The number of rotatable bonds is 9. The first kappa shape index (κ1) is 24.0. The van der Waals surface area contributed by atoms with E-state index in [2.05, 4.69) is 17.6 Å². The second kappa shape index (κ2) is 10.8. The van der Waals surface area contributed by atoms with Crippen LogP contribution in [0.5, 0.6) is 0 Å². The monoisotopic (exact) mass is 463 g/mol. The minimum atomic E-state index is -0.828. The number of imide groups is 1. The lowest BCUT2D eigenvalue weighted by Gasteiger charge is -2.34. The van der Waals surface area contributed by atoms with E-state index in [0.29, 0.717) is 38.5 Å². The van der Waals surface area contributed by atoms with Crippen molar-refractivity contribution in [2.45, 2.75) is 64.3 Å². The van der Waals surface area contributed by atoms with Gasteiger partial charge in [-0.25, -0.2) is 4.79 Å². The van der Waals surface area contributed by atoms with E-state index >= 15 is 0 Å². The van der Waals surface area contributed by atoms with Crippen molar-refractivity contribution >= 4 is 17.8 Å². The molecular weight excluding hydrogens is 430 g/mol. The summed E-state index contributed by atoms with van der Waals surface area (Å²) in [6.45, 7) is 3.12. The van der Waals surface area contributed by atoms with Gasteiger partial charge in [0.25, 0.3) is 5.91 Å². The Labute approximate surface area is 200 Å². The van der Waals surface area contributed by atoms with Crippen LogP contribution in [0, 0.1) is 5.92 Å². The van der Waals surface area contributed by atoms with Crippen molar-refractivity contribution in [2.24, 2.45) is 5.92 Å². The number of nitrogens with one attached hydrogen (secondary N) is 2. The Kier molecular flexibility index (Phi) is 7.63. The maximum atomic E-state index is 13.0. The zero-order valence-electron chi connectivity index (χ0n) is 19.7. The highest BCUT2D eigenvalue weighted by Gasteiger charge is 2.52. The summed E-state index contributed by atoms with van der Waals surface area (Å²) in [5.41, 5.74) is 2.20. The van der Waals surface area contributed by atoms with E-state index in [-0.39, 0.29) is 18.4 Å². The number of carbonyl (C=O) groups excluding carboxylic acids is 3. The number of urea groups is 1. The Morgan fingerprint density at radius 3 is 2.41 bits per heavy atom. The van der Waals surface area contributed by atoms with E-state index in [1.54, 1.807) is 0 Å². The van der Waals surface area contributed by atoms with E-state index in [1.807, 2.05) is 54.6 Å². The molecule has 1 heterocycles. The molecule has 7 heteroatoms. The molecule has 2 N–H and O–H groups in total. The summed E-state index contributed by atoms with van der Waals surface area (Å²) in [5.74, 6) is -0.0240. The molecule has 0 atom stereocenters. The van der Waals surface area contributed by atoms with Crippen molar-refractivity contribution in [3.05, 3.63) is 71.3 Å². The molecule has 0 radical (unpaired) electrons. The molecule has 1 saturated carbocycles. The molecule has 4 amide bonds. The maximum Gasteiger partial charge on any atom is 0.325 e. The fourth-order valence-corrected chi connectivity index (χ4v) is 4.85. The third kappa shape index (κ3) is 5.47. The molecule has 1 saturated heterocycles. The Bertz CT molecular complexity index is 1020. The van der Waals surface area contributed by atoms with E-state index in [4.69, 9.17) is 4.74 Å². The van der Waals surface area contributed by atoms with Crippen molar-refractivity contribution in [3.63, 3.8) is 0 Å². The average molecular weight is 464 g/mol. The Morgan fingerprint density at radius 2 is 1.71 bits per heavy atom. The van der Waals surface area contributed by atoms with Gasteiger partial charge in [-0.05, 0) is 48.3 Å². The fourth-order valence-electron chi connectivity index (χ4n) is 4.85. The van der Waals surface area contributed by atoms with Crippen LogP contribution in [-0.2, 0) is 34.1 Å². The number of hydrogen-bond donors (Lipinski definition) is 2. The Morgan fingerprint density at radius 1 is 1.03 bits per heavy atom. The lowest BCUT2D eigenvalue weighted by Crippen LogP contribution is -2.50. The standard InChI is InChI=1S/C27H33N3O4/c1-2-20-12-14-27(15-13-20)25(32)30(26(33)29-27)17-24(31)28-16-22-10-6-7-11-23(22)19-34-18-21-8-4-3-5-9-21/h3-11,20H,2,12-19H2,1H3,(H,28,31)(H,29,33). The van der Waals surface area contributed by atoms with E-state index in [1.165, 1.54) is 0 Å². The van der Waals surface area contributed by atoms with Gasteiger partial charge in [0.1, 0.15) is 12.1 Å². The van der Waals surface area contributed by atoms with Crippen molar-refractivity contribution in [1.82, 2.24) is 15.5 Å². The fraction of sp³-hybridized carbons (Fsp3) is 0.444. The lowest BCUT2D eigenvalue weighted by atomic mass is 9.75. The Balaban J connectivity index is 1.29. The van der Waals surface area contributed by atoms with E-state index in [0.717, 1.165) is 40.9 Å². The molecule has 34 heavy (non-hydrogen) atoms. The summed E-state index contributed by atoms with van der Waals surface area (Å²) in [6, 6.07) is 17.3. The highest BCUT2D eigenvalue weighted by atomic mass is 16.5. The molecule has 7 nitrogen and oxygen atoms in total. The SMILES string of the molecule is CCC1CCC2(CC1)NC(=O)N(CC(=O)NCc1ccccc1COCc1ccccc1)C2=O. The molecule has 2 aliphatic rings. The minimum Gasteiger partial charge on any atom is -0.372 e. The predicted molar refractivity (Wildman–Crippen MR) is 128 cm³/mol. The predicted octanol–water partition coefficient (Wildman–Crippen LogP) is 3.91. The Hall–Kier alpha value is -3.19. The number of carbonyl (C=O) groups is 3. The van der Waals surface area contributed by atoms with Crippen molar-refractivity contribution in [1.29, 1.82) is 0 Å². The van der Waals surface area contributed by atoms with Gasteiger partial charge in [0, 0.05) is 6.54 Å². The van der Waals surface area contributed by atoms with Gasteiger partial charge in [0.2, 0.25) is 5.91 Å². The third-order valence-electron chi connectivity index (χ3n) is 7.05.